The van der Waals surface area contributed by atoms with Crippen molar-refractivity contribution in [3.63, 3.8) is 0 Å². The largest absolute Gasteiger partial charge is 0.497 e. The van der Waals surface area contributed by atoms with Gasteiger partial charge in [-0.25, -0.2) is 9.59 Å². The van der Waals surface area contributed by atoms with E-state index in [9.17, 15) is 9.59 Å². The Morgan fingerprint density at radius 3 is 1.35 bits per heavy atom. The zero-order valence-corrected chi connectivity index (χ0v) is 26.7. The van der Waals surface area contributed by atoms with Crippen molar-refractivity contribution >= 4 is 45.6 Å². The van der Waals surface area contributed by atoms with Crippen LogP contribution in [0.5, 0.6) is 34.5 Å². The topological polar surface area (TPSA) is 89.5 Å². The fraction of sp³-hybridized carbons (Fsp3) is 0.0732. The van der Waals surface area contributed by atoms with Crippen molar-refractivity contribution in [2.45, 2.75) is 0 Å². The molecule has 49 heavy (non-hydrogen) atoms. The number of fused-ring (bicyclic) bond motifs is 7. The number of hydrogen-bond acceptors (Lipinski definition) is 8. The molecule has 7 rings (SSSR count). The Morgan fingerprint density at radius 2 is 0.939 bits per heavy atom. The van der Waals surface area contributed by atoms with Gasteiger partial charge in [0.15, 0.2) is 0 Å². The monoisotopic (exact) mass is 650 g/mol. The van der Waals surface area contributed by atoms with E-state index in [1.54, 1.807) is 74.9 Å². The van der Waals surface area contributed by atoms with Crippen molar-refractivity contribution in [2.75, 3.05) is 21.0 Å². The second-order valence-electron chi connectivity index (χ2n) is 11.0. The Hall–Kier alpha value is -6.54. The molecular weight excluding hydrogens is 620 g/mol. The van der Waals surface area contributed by atoms with Gasteiger partial charge in [-0.05, 0) is 94.4 Å². The average Bonchev–Trinajstić information content (AvgIpc) is 3.34. The maximum Gasteiger partial charge on any atom is 0.336 e. The fourth-order valence-electron chi connectivity index (χ4n) is 5.81. The van der Waals surface area contributed by atoms with Crippen LogP contribution in [0.1, 0.15) is 11.1 Å². The van der Waals surface area contributed by atoms with Crippen LogP contribution in [0, 0.1) is 0 Å². The van der Waals surface area contributed by atoms with E-state index in [2.05, 4.69) is 0 Å². The van der Waals surface area contributed by atoms with E-state index in [0.29, 0.717) is 45.6 Å². The van der Waals surface area contributed by atoms with Crippen molar-refractivity contribution in [3.8, 4) is 45.6 Å². The highest BCUT2D eigenvalue weighted by Crippen LogP contribution is 2.50. The first-order valence-corrected chi connectivity index (χ1v) is 15.5. The lowest BCUT2D eigenvalue weighted by Crippen LogP contribution is -2.06. The van der Waals surface area contributed by atoms with E-state index < -0.39 is 11.9 Å². The third-order valence-corrected chi connectivity index (χ3v) is 8.07. The maximum absolute atomic E-state index is 12.9. The number of carbonyl (C=O) groups excluding carboxylic acids is 2. The lowest BCUT2D eigenvalue weighted by molar-refractivity contribution is -0.129. The van der Waals surface area contributed by atoms with E-state index in [1.165, 1.54) is 12.2 Å². The molecule has 6 aromatic carbocycles. The molecule has 1 heterocycles. The highest BCUT2D eigenvalue weighted by Gasteiger charge is 2.26. The molecule has 0 aromatic heterocycles. The van der Waals surface area contributed by atoms with Crippen LogP contribution in [0.15, 0.2) is 121 Å². The zero-order valence-electron chi connectivity index (χ0n) is 26.7. The fourth-order valence-corrected chi connectivity index (χ4v) is 5.81. The van der Waals surface area contributed by atoms with Crippen LogP contribution in [0.4, 0.5) is 0 Å². The number of ether oxygens (including phenoxy) is 6. The minimum absolute atomic E-state index is 0.106. The SMILES string of the molecule is COc1ccc(OC(=O)/C=C\c2cc3ccccc3c3c2OCOc2c(/C=C\C(=O)Oc4ccc(OC)cc4)cc4ccccc4c2-3)cc1. The van der Waals surface area contributed by atoms with Crippen LogP contribution in [0.3, 0.4) is 0 Å². The lowest BCUT2D eigenvalue weighted by Gasteiger charge is -2.17. The summed E-state index contributed by atoms with van der Waals surface area (Å²) in [7, 11) is 3.15. The summed E-state index contributed by atoms with van der Waals surface area (Å²) in [6, 6.07) is 33.4. The van der Waals surface area contributed by atoms with Crippen LogP contribution in [-0.4, -0.2) is 33.0 Å². The second kappa shape index (κ2) is 13.7. The summed E-state index contributed by atoms with van der Waals surface area (Å²) in [5.41, 5.74) is 2.96. The number of esters is 2. The number of methoxy groups -OCH3 is 2. The molecule has 8 heteroatoms. The molecular formula is C41H30O8. The quantitative estimate of drug-likeness (QED) is 0.0919. The first-order chi connectivity index (χ1) is 24.0. The number of carbonyl (C=O) groups is 2. The minimum atomic E-state index is -0.545. The normalized spacial score (nSPS) is 12.1. The van der Waals surface area contributed by atoms with Crippen molar-refractivity contribution in [3.05, 3.63) is 132 Å². The lowest BCUT2D eigenvalue weighted by atomic mass is 9.88. The molecule has 0 atom stereocenters. The van der Waals surface area contributed by atoms with Gasteiger partial charge in [-0.1, -0.05) is 48.5 Å². The average molecular weight is 651 g/mol. The van der Waals surface area contributed by atoms with E-state index in [4.69, 9.17) is 28.4 Å². The molecule has 0 spiro atoms. The predicted octanol–water partition coefficient (Wildman–Crippen LogP) is 8.64. The van der Waals surface area contributed by atoms with Crippen LogP contribution >= 0.6 is 0 Å². The predicted molar refractivity (Wildman–Crippen MR) is 188 cm³/mol. The molecule has 0 bridgehead atoms. The van der Waals surface area contributed by atoms with Gasteiger partial charge in [0.25, 0.3) is 0 Å². The maximum atomic E-state index is 12.9. The van der Waals surface area contributed by atoms with E-state index in [1.807, 2.05) is 60.7 Å². The van der Waals surface area contributed by atoms with E-state index in [0.717, 1.165) is 32.7 Å². The Labute approximate surface area is 282 Å². The first-order valence-electron chi connectivity index (χ1n) is 15.5. The molecule has 242 valence electrons. The Morgan fingerprint density at radius 1 is 0.551 bits per heavy atom. The molecule has 0 saturated heterocycles. The van der Waals surface area contributed by atoms with Crippen LogP contribution in [0.25, 0.3) is 44.8 Å². The van der Waals surface area contributed by atoms with Gasteiger partial charge >= 0.3 is 11.9 Å². The van der Waals surface area contributed by atoms with Gasteiger partial charge in [-0.3, -0.25) is 0 Å². The number of hydrogen-bond donors (Lipinski definition) is 0. The highest BCUT2D eigenvalue weighted by atomic mass is 16.7. The third kappa shape index (κ3) is 6.53. The minimum Gasteiger partial charge on any atom is -0.497 e. The highest BCUT2D eigenvalue weighted by molar-refractivity contribution is 6.12. The van der Waals surface area contributed by atoms with Gasteiger partial charge in [0.05, 0.1) is 14.2 Å². The van der Waals surface area contributed by atoms with Crippen LogP contribution < -0.4 is 28.4 Å². The van der Waals surface area contributed by atoms with Crippen LogP contribution in [0.2, 0.25) is 0 Å². The summed E-state index contributed by atoms with van der Waals surface area (Å²) in [5.74, 6) is 2.13. The molecule has 1 aliphatic rings. The number of rotatable bonds is 8. The smallest absolute Gasteiger partial charge is 0.336 e. The van der Waals surface area contributed by atoms with Gasteiger partial charge in [-0.2, -0.15) is 0 Å². The van der Waals surface area contributed by atoms with Gasteiger partial charge in [-0.15, -0.1) is 0 Å². The molecule has 0 fully saturated rings. The number of benzene rings is 6. The molecule has 6 aromatic rings. The molecule has 0 unspecified atom stereocenters. The van der Waals surface area contributed by atoms with E-state index >= 15 is 0 Å². The Bertz CT molecular complexity index is 2090. The summed E-state index contributed by atoms with van der Waals surface area (Å²) >= 11 is 0. The van der Waals surface area contributed by atoms with Crippen molar-refractivity contribution in [2.24, 2.45) is 0 Å². The summed E-state index contributed by atoms with van der Waals surface area (Å²) in [5, 5.41) is 3.75. The van der Waals surface area contributed by atoms with Crippen molar-refractivity contribution in [1.29, 1.82) is 0 Å². The summed E-state index contributed by atoms with van der Waals surface area (Å²) < 4.78 is 34.0. The molecule has 0 aliphatic carbocycles. The molecule has 8 nitrogen and oxygen atoms in total. The van der Waals surface area contributed by atoms with Gasteiger partial charge in [0.2, 0.25) is 6.79 Å². The molecule has 0 amide bonds. The third-order valence-electron chi connectivity index (χ3n) is 8.07. The van der Waals surface area contributed by atoms with Crippen molar-refractivity contribution in [1.82, 2.24) is 0 Å². The summed E-state index contributed by atoms with van der Waals surface area (Å²) in [4.78, 5) is 25.7. The van der Waals surface area contributed by atoms with Crippen LogP contribution in [-0.2, 0) is 9.59 Å². The zero-order chi connectivity index (χ0) is 33.7. The van der Waals surface area contributed by atoms with Gasteiger partial charge < -0.3 is 28.4 Å². The summed E-state index contributed by atoms with van der Waals surface area (Å²) in [6.07, 6.45) is 6.11. The Balaban J connectivity index is 1.30. The standard InChI is InChI=1S/C41H30O8/c1-44-30-13-17-32(18-14-30)48-36(42)21-11-28-23-26-7-3-5-9-34(26)38-39-35-10-6-4-8-27(35)24-29(41(39)47-25-46-40(28)38)12-22-37(43)49-33-19-15-31(45-2)16-20-33/h3-24H,25H2,1-2H3/b21-11-,22-12-. The molecule has 0 N–H and O–H groups in total. The Kier molecular flexibility index (Phi) is 8.67. The molecule has 0 radical (unpaired) electrons. The molecule has 0 saturated carbocycles. The second-order valence-corrected chi connectivity index (χ2v) is 11.0. The van der Waals surface area contributed by atoms with Gasteiger partial charge in [0, 0.05) is 34.4 Å². The van der Waals surface area contributed by atoms with Gasteiger partial charge in [0.1, 0.15) is 34.5 Å². The first kappa shape index (κ1) is 31.1. The van der Waals surface area contributed by atoms with E-state index in [-0.39, 0.29) is 6.79 Å². The molecule has 1 aliphatic heterocycles. The summed E-state index contributed by atoms with van der Waals surface area (Å²) in [6.45, 7) is -0.106. The van der Waals surface area contributed by atoms with Crippen molar-refractivity contribution < 1.29 is 38.0 Å².